The second-order valence-electron chi connectivity index (χ2n) is 10.4. The van der Waals surface area contributed by atoms with Crippen LogP contribution in [-0.2, 0) is 22.4 Å². The zero-order valence-electron chi connectivity index (χ0n) is 22.3. The number of hydrogen-bond acceptors (Lipinski definition) is 5. The van der Waals surface area contributed by atoms with Gasteiger partial charge >= 0.3 is 6.09 Å². The van der Waals surface area contributed by atoms with Crippen molar-refractivity contribution in [1.29, 1.82) is 0 Å². The highest BCUT2D eigenvalue weighted by Crippen LogP contribution is 2.32. The molecule has 0 saturated carbocycles. The van der Waals surface area contributed by atoms with Crippen molar-refractivity contribution in [2.45, 2.75) is 44.9 Å². The van der Waals surface area contributed by atoms with Crippen LogP contribution in [0.3, 0.4) is 0 Å². The highest BCUT2D eigenvalue weighted by atomic mass is 16.6. The Kier molecular flexibility index (Phi) is 8.05. The van der Waals surface area contributed by atoms with Crippen molar-refractivity contribution in [2.24, 2.45) is 5.92 Å². The first-order valence-electron chi connectivity index (χ1n) is 13.5. The number of carbonyl (C=O) groups is 2. The molecule has 0 unspecified atom stereocenters. The lowest BCUT2D eigenvalue weighted by Gasteiger charge is -2.45. The predicted octanol–water partition coefficient (Wildman–Crippen LogP) is 5.95. The number of nitrogens with zero attached hydrogens (tertiary/aromatic N) is 2. The summed E-state index contributed by atoms with van der Waals surface area (Å²) in [5.41, 5.74) is 2.62. The third-order valence-electron chi connectivity index (χ3n) is 7.34. The molecule has 4 aromatic rings. The SMILES string of the molecule is CC(C)N1[C@@H](Cc2ccccc2)COC(=O)N1C(=O)[C@@H](Cc1ccccc1)[C@H](O)c1ccc2ccccc2c1. The quantitative estimate of drug-likeness (QED) is 0.310. The molecule has 0 aliphatic carbocycles. The molecule has 0 radical (unpaired) electrons. The Labute approximate surface area is 229 Å². The lowest BCUT2D eigenvalue weighted by Crippen LogP contribution is -2.64. The van der Waals surface area contributed by atoms with Crippen LogP contribution in [-0.4, -0.2) is 45.8 Å². The minimum Gasteiger partial charge on any atom is -0.446 e. The van der Waals surface area contributed by atoms with Crippen molar-refractivity contribution >= 4 is 22.8 Å². The molecular weight excluding hydrogens is 488 g/mol. The van der Waals surface area contributed by atoms with E-state index in [2.05, 4.69) is 0 Å². The van der Waals surface area contributed by atoms with Crippen LogP contribution in [0.15, 0.2) is 103 Å². The summed E-state index contributed by atoms with van der Waals surface area (Å²) in [6, 6.07) is 32.8. The van der Waals surface area contributed by atoms with Crippen LogP contribution < -0.4 is 0 Å². The van der Waals surface area contributed by atoms with Gasteiger partial charge in [-0.05, 0) is 60.2 Å². The smallest absolute Gasteiger partial charge is 0.431 e. The van der Waals surface area contributed by atoms with E-state index in [1.165, 1.54) is 0 Å². The molecule has 1 saturated heterocycles. The van der Waals surface area contributed by atoms with Gasteiger partial charge in [0.1, 0.15) is 6.61 Å². The molecule has 6 nitrogen and oxygen atoms in total. The van der Waals surface area contributed by atoms with Crippen molar-refractivity contribution in [3.05, 3.63) is 120 Å². The monoisotopic (exact) mass is 522 g/mol. The van der Waals surface area contributed by atoms with Gasteiger partial charge in [-0.15, -0.1) is 0 Å². The molecule has 0 bridgehead atoms. The fraction of sp³-hybridized carbons (Fsp3) is 0.273. The first kappa shape index (κ1) is 26.6. The summed E-state index contributed by atoms with van der Waals surface area (Å²) in [5, 5.41) is 16.7. The Morgan fingerprint density at radius 2 is 1.49 bits per heavy atom. The molecule has 1 aliphatic heterocycles. The summed E-state index contributed by atoms with van der Waals surface area (Å²) in [6.07, 6.45) is -0.945. The van der Waals surface area contributed by atoms with Crippen LogP contribution in [0.5, 0.6) is 0 Å². The number of carbonyl (C=O) groups excluding carboxylic acids is 2. The molecule has 5 rings (SSSR count). The number of aliphatic hydroxyl groups excluding tert-OH is 1. The zero-order valence-corrected chi connectivity index (χ0v) is 22.3. The summed E-state index contributed by atoms with van der Waals surface area (Å²) in [4.78, 5) is 27.5. The standard InChI is InChI=1S/C33H34N2O4/c1-23(2)34-29(19-24-11-5-3-6-12-24)22-39-33(38)35(34)32(37)30(20-25-13-7-4-8-14-25)31(36)28-18-17-26-15-9-10-16-27(26)21-28/h3-18,21,23,29-31,36H,19-20,22H2,1-2H3/t29-,30-,31+/m0/s1. The van der Waals surface area contributed by atoms with Gasteiger partial charge in [-0.25, -0.2) is 4.79 Å². The van der Waals surface area contributed by atoms with Gasteiger partial charge in [0.05, 0.1) is 18.1 Å². The van der Waals surface area contributed by atoms with Crippen molar-refractivity contribution < 1.29 is 19.4 Å². The Bertz CT molecular complexity index is 1420. The number of amides is 2. The van der Waals surface area contributed by atoms with Crippen LogP contribution >= 0.6 is 0 Å². The summed E-state index contributed by atoms with van der Waals surface area (Å²) in [5.74, 6) is -1.38. The second kappa shape index (κ2) is 11.8. The molecule has 1 heterocycles. The maximum absolute atomic E-state index is 14.3. The third-order valence-corrected chi connectivity index (χ3v) is 7.34. The first-order valence-corrected chi connectivity index (χ1v) is 13.5. The molecule has 6 heteroatoms. The normalized spacial score (nSPS) is 17.7. The van der Waals surface area contributed by atoms with Gasteiger partial charge in [0, 0.05) is 6.04 Å². The van der Waals surface area contributed by atoms with Gasteiger partial charge in [-0.3, -0.25) is 4.79 Å². The van der Waals surface area contributed by atoms with Crippen molar-refractivity contribution in [2.75, 3.05) is 6.61 Å². The van der Waals surface area contributed by atoms with E-state index in [1.54, 1.807) is 0 Å². The lowest BCUT2D eigenvalue weighted by molar-refractivity contribution is -0.172. The Balaban J connectivity index is 1.50. The van der Waals surface area contributed by atoms with Crippen LogP contribution in [0, 0.1) is 5.92 Å². The zero-order chi connectivity index (χ0) is 27.4. The molecule has 200 valence electrons. The van der Waals surface area contributed by atoms with Gasteiger partial charge in [0.2, 0.25) is 0 Å². The van der Waals surface area contributed by atoms with Crippen molar-refractivity contribution in [3.63, 3.8) is 0 Å². The number of hydrazine groups is 1. The summed E-state index contributed by atoms with van der Waals surface area (Å²) in [7, 11) is 0. The summed E-state index contributed by atoms with van der Waals surface area (Å²) < 4.78 is 5.56. The maximum Gasteiger partial charge on any atom is 0.431 e. The summed E-state index contributed by atoms with van der Waals surface area (Å²) >= 11 is 0. The highest BCUT2D eigenvalue weighted by Gasteiger charge is 2.45. The van der Waals surface area contributed by atoms with Crippen molar-refractivity contribution in [1.82, 2.24) is 10.0 Å². The van der Waals surface area contributed by atoms with E-state index in [0.29, 0.717) is 12.0 Å². The molecule has 1 fully saturated rings. The van der Waals surface area contributed by atoms with Crippen LogP contribution in [0.2, 0.25) is 0 Å². The number of rotatable bonds is 8. The maximum atomic E-state index is 14.3. The van der Waals surface area contributed by atoms with Gasteiger partial charge in [0.15, 0.2) is 0 Å². The molecule has 2 amide bonds. The Hall–Kier alpha value is -4.00. The average molecular weight is 523 g/mol. The van der Waals surface area contributed by atoms with E-state index in [0.717, 1.165) is 26.9 Å². The Morgan fingerprint density at radius 1 is 0.872 bits per heavy atom. The van der Waals surface area contributed by atoms with E-state index < -0.39 is 24.0 Å². The average Bonchev–Trinajstić information content (AvgIpc) is 2.96. The van der Waals surface area contributed by atoms with Crippen LogP contribution in [0.1, 0.15) is 36.6 Å². The molecule has 4 aromatic carbocycles. The number of benzene rings is 4. The fourth-order valence-corrected chi connectivity index (χ4v) is 5.44. The predicted molar refractivity (Wildman–Crippen MR) is 152 cm³/mol. The molecular formula is C33H34N2O4. The lowest BCUT2D eigenvalue weighted by atomic mass is 9.88. The third kappa shape index (κ3) is 5.87. The van der Waals surface area contributed by atoms with E-state index in [-0.39, 0.29) is 25.1 Å². The molecule has 39 heavy (non-hydrogen) atoms. The second-order valence-corrected chi connectivity index (χ2v) is 10.4. The van der Waals surface area contributed by atoms with E-state index in [4.69, 9.17) is 4.74 Å². The van der Waals surface area contributed by atoms with E-state index in [9.17, 15) is 14.7 Å². The number of aliphatic hydroxyl groups is 1. The number of imide groups is 1. The molecule has 0 aromatic heterocycles. The summed E-state index contributed by atoms with van der Waals surface area (Å²) in [6.45, 7) is 4.11. The molecule has 0 spiro atoms. The van der Waals surface area contributed by atoms with E-state index >= 15 is 0 Å². The number of fused-ring (bicyclic) bond motifs is 1. The first-order chi connectivity index (χ1) is 18.9. The number of cyclic esters (lactones) is 1. The highest BCUT2D eigenvalue weighted by molar-refractivity contribution is 5.94. The van der Waals surface area contributed by atoms with Gasteiger partial charge in [-0.1, -0.05) is 97.1 Å². The van der Waals surface area contributed by atoms with Gasteiger partial charge < -0.3 is 9.84 Å². The van der Waals surface area contributed by atoms with Crippen LogP contribution in [0.25, 0.3) is 10.8 Å². The molecule has 1 N–H and O–H groups in total. The molecule has 1 aliphatic rings. The van der Waals surface area contributed by atoms with Crippen molar-refractivity contribution in [3.8, 4) is 0 Å². The largest absolute Gasteiger partial charge is 0.446 e. The number of ether oxygens (including phenoxy) is 1. The topological polar surface area (TPSA) is 70.1 Å². The minimum atomic E-state index is -1.13. The fourth-order valence-electron chi connectivity index (χ4n) is 5.44. The van der Waals surface area contributed by atoms with Gasteiger partial charge in [-0.2, -0.15) is 10.0 Å². The van der Waals surface area contributed by atoms with E-state index in [1.807, 2.05) is 122 Å². The van der Waals surface area contributed by atoms with Crippen LogP contribution in [0.4, 0.5) is 4.79 Å². The van der Waals surface area contributed by atoms with Gasteiger partial charge in [0.25, 0.3) is 5.91 Å². The molecule has 3 atom stereocenters. The number of hydrogen-bond donors (Lipinski definition) is 1. The Morgan fingerprint density at radius 3 is 2.15 bits per heavy atom. The minimum absolute atomic E-state index is 0.148.